The Morgan fingerprint density at radius 3 is 2.88 bits per heavy atom. The third-order valence-corrected chi connectivity index (χ3v) is 1.86. The molecule has 0 saturated heterocycles. The molecule has 4 heteroatoms. The van der Waals surface area contributed by atoms with Crippen molar-refractivity contribution in [1.29, 1.82) is 0 Å². The van der Waals surface area contributed by atoms with Crippen molar-refractivity contribution in [2.45, 2.75) is 6.92 Å². The predicted molar refractivity (Wildman–Crippen MR) is 58.7 cm³/mol. The molecular formula is C12H13FO3. The summed E-state index contributed by atoms with van der Waals surface area (Å²) in [5.74, 6) is -1.27. The van der Waals surface area contributed by atoms with Crippen LogP contribution in [0.4, 0.5) is 4.39 Å². The zero-order valence-corrected chi connectivity index (χ0v) is 9.20. The second kappa shape index (κ2) is 5.90. The van der Waals surface area contributed by atoms with Gasteiger partial charge in [-0.2, -0.15) is 4.39 Å². The summed E-state index contributed by atoms with van der Waals surface area (Å²) < 4.78 is 22.7. The van der Waals surface area contributed by atoms with Crippen molar-refractivity contribution in [3.05, 3.63) is 35.7 Å². The molecule has 1 rings (SSSR count). The Morgan fingerprint density at radius 2 is 2.25 bits per heavy atom. The van der Waals surface area contributed by atoms with Gasteiger partial charge in [0.15, 0.2) is 0 Å². The van der Waals surface area contributed by atoms with E-state index in [-0.39, 0.29) is 6.61 Å². The molecule has 0 aromatic heterocycles. The Kier molecular flexibility index (Phi) is 4.51. The lowest BCUT2D eigenvalue weighted by molar-refractivity contribution is -0.140. The molecular weight excluding hydrogens is 211 g/mol. The van der Waals surface area contributed by atoms with Crippen LogP contribution in [0.5, 0.6) is 5.75 Å². The first-order chi connectivity index (χ1) is 7.67. The van der Waals surface area contributed by atoms with Crippen molar-refractivity contribution in [3.63, 3.8) is 0 Å². The molecule has 16 heavy (non-hydrogen) atoms. The first-order valence-electron chi connectivity index (χ1n) is 4.85. The van der Waals surface area contributed by atoms with Crippen LogP contribution < -0.4 is 4.74 Å². The number of rotatable bonds is 4. The third kappa shape index (κ3) is 3.38. The topological polar surface area (TPSA) is 35.5 Å². The largest absolute Gasteiger partial charge is 0.497 e. The van der Waals surface area contributed by atoms with Crippen LogP contribution in [-0.4, -0.2) is 19.7 Å². The first kappa shape index (κ1) is 12.2. The van der Waals surface area contributed by atoms with E-state index in [0.717, 1.165) is 6.08 Å². The summed E-state index contributed by atoms with van der Waals surface area (Å²) in [6.07, 6.45) is 1.11. The van der Waals surface area contributed by atoms with Crippen molar-refractivity contribution in [2.24, 2.45) is 0 Å². The Hall–Kier alpha value is -1.84. The normalized spacial score (nSPS) is 11.1. The number of hydrogen-bond acceptors (Lipinski definition) is 3. The smallest absolute Gasteiger partial charge is 0.367 e. The molecule has 0 aliphatic rings. The SMILES string of the molecule is CCOC(=O)/C(F)=C\c1cccc(OC)c1. The lowest BCUT2D eigenvalue weighted by Gasteiger charge is -2.01. The molecule has 0 saturated carbocycles. The van der Waals surface area contributed by atoms with Gasteiger partial charge in [0.2, 0.25) is 5.83 Å². The van der Waals surface area contributed by atoms with Gasteiger partial charge in [0.1, 0.15) is 5.75 Å². The average Bonchev–Trinajstić information content (AvgIpc) is 2.29. The van der Waals surface area contributed by atoms with Crippen LogP contribution in [-0.2, 0) is 9.53 Å². The van der Waals surface area contributed by atoms with E-state index < -0.39 is 11.8 Å². The molecule has 0 N–H and O–H groups in total. The summed E-state index contributed by atoms with van der Waals surface area (Å²) >= 11 is 0. The molecule has 0 aliphatic carbocycles. The summed E-state index contributed by atoms with van der Waals surface area (Å²) in [7, 11) is 1.52. The molecule has 0 unspecified atom stereocenters. The minimum atomic E-state index is -0.953. The highest BCUT2D eigenvalue weighted by Crippen LogP contribution is 2.16. The van der Waals surface area contributed by atoms with Gasteiger partial charge in [0.05, 0.1) is 13.7 Å². The van der Waals surface area contributed by atoms with Gasteiger partial charge in [0.25, 0.3) is 0 Å². The van der Waals surface area contributed by atoms with E-state index in [2.05, 4.69) is 4.74 Å². The molecule has 0 bridgehead atoms. The number of halogens is 1. The molecule has 0 amide bonds. The molecule has 0 fully saturated rings. The van der Waals surface area contributed by atoms with Gasteiger partial charge < -0.3 is 9.47 Å². The maximum atomic E-state index is 13.3. The van der Waals surface area contributed by atoms with Crippen LogP contribution in [0.3, 0.4) is 0 Å². The predicted octanol–water partition coefficient (Wildman–Crippen LogP) is 2.57. The van der Waals surface area contributed by atoms with Crippen LogP contribution in [0, 0.1) is 0 Å². The highest BCUT2D eigenvalue weighted by atomic mass is 19.1. The van der Waals surface area contributed by atoms with Crippen LogP contribution in [0.1, 0.15) is 12.5 Å². The van der Waals surface area contributed by atoms with Crippen molar-refractivity contribution in [3.8, 4) is 5.75 Å². The van der Waals surface area contributed by atoms with Crippen LogP contribution in [0.2, 0.25) is 0 Å². The van der Waals surface area contributed by atoms with E-state index in [4.69, 9.17) is 4.74 Å². The third-order valence-electron chi connectivity index (χ3n) is 1.86. The maximum absolute atomic E-state index is 13.3. The number of carbonyl (C=O) groups excluding carboxylic acids is 1. The molecule has 0 spiro atoms. The standard InChI is InChI=1S/C12H13FO3/c1-3-16-12(14)11(13)8-9-5-4-6-10(7-9)15-2/h4-8H,3H2,1-2H3/b11-8+. The van der Waals surface area contributed by atoms with Gasteiger partial charge >= 0.3 is 5.97 Å². The number of carbonyl (C=O) groups is 1. The summed E-state index contributed by atoms with van der Waals surface area (Å²) in [5.41, 5.74) is 0.546. The highest BCUT2D eigenvalue weighted by molar-refractivity contribution is 5.91. The number of hydrogen-bond donors (Lipinski definition) is 0. The lowest BCUT2D eigenvalue weighted by Crippen LogP contribution is -2.03. The summed E-state index contributed by atoms with van der Waals surface area (Å²) in [4.78, 5) is 11.0. The van der Waals surface area contributed by atoms with Crippen LogP contribution in [0.15, 0.2) is 30.1 Å². The summed E-state index contributed by atoms with van der Waals surface area (Å²) in [5, 5.41) is 0. The fourth-order valence-electron chi connectivity index (χ4n) is 1.14. The zero-order chi connectivity index (χ0) is 12.0. The molecule has 1 aromatic rings. The minimum Gasteiger partial charge on any atom is -0.497 e. The molecule has 0 aliphatic heterocycles. The second-order valence-corrected chi connectivity index (χ2v) is 2.99. The fourth-order valence-corrected chi connectivity index (χ4v) is 1.14. The van der Waals surface area contributed by atoms with Gasteiger partial charge in [0, 0.05) is 0 Å². The van der Waals surface area contributed by atoms with Crippen LogP contribution in [0.25, 0.3) is 6.08 Å². The maximum Gasteiger partial charge on any atom is 0.367 e. The van der Waals surface area contributed by atoms with Gasteiger partial charge in [-0.05, 0) is 30.7 Å². The quantitative estimate of drug-likeness (QED) is 0.582. The Bertz CT molecular complexity index is 399. The summed E-state index contributed by atoms with van der Waals surface area (Å²) in [6, 6.07) is 6.74. The minimum absolute atomic E-state index is 0.151. The van der Waals surface area contributed by atoms with Gasteiger partial charge in [-0.15, -0.1) is 0 Å². The number of ether oxygens (including phenoxy) is 2. The van der Waals surface area contributed by atoms with E-state index in [1.54, 1.807) is 31.2 Å². The van der Waals surface area contributed by atoms with Gasteiger partial charge in [-0.1, -0.05) is 12.1 Å². The van der Waals surface area contributed by atoms with E-state index in [9.17, 15) is 9.18 Å². The molecule has 1 aromatic carbocycles. The first-order valence-corrected chi connectivity index (χ1v) is 4.85. The van der Waals surface area contributed by atoms with E-state index in [1.165, 1.54) is 7.11 Å². The van der Waals surface area contributed by atoms with Crippen molar-refractivity contribution in [2.75, 3.05) is 13.7 Å². The molecule has 0 heterocycles. The lowest BCUT2D eigenvalue weighted by atomic mass is 10.2. The van der Waals surface area contributed by atoms with Crippen LogP contribution >= 0.6 is 0 Å². The monoisotopic (exact) mass is 224 g/mol. The average molecular weight is 224 g/mol. The second-order valence-electron chi connectivity index (χ2n) is 2.99. The molecule has 86 valence electrons. The fraction of sp³-hybridized carbons (Fsp3) is 0.250. The Labute approximate surface area is 93.5 Å². The van der Waals surface area contributed by atoms with E-state index in [1.807, 2.05) is 0 Å². The highest BCUT2D eigenvalue weighted by Gasteiger charge is 2.09. The summed E-state index contributed by atoms with van der Waals surface area (Å²) in [6.45, 7) is 1.77. The Morgan fingerprint density at radius 1 is 1.50 bits per heavy atom. The zero-order valence-electron chi connectivity index (χ0n) is 9.20. The Balaban J connectivity index is 2.84. The van der Waals surface area contributed by atoms with Gasteiger partial charge in [-0.3, -0.25) is 0 Å². The van der Waals surface area contributed by atoms with Crippen molar-refractivity contribution < 1.29 is 18.7 Å². The molecule has 3 nitrogen and oxygen atoms in total. The number of esters is 1. The number of methoxy groups -OCH3 is 1. The molecule has 0 radical (unpaired) electrons. The van der Waals surface area contributed by atoms with E-state index in [0.29, 0.717) is 11.3 Å². The number of benzene rings is 1. The molecule has 0 atom stereocenters. The van der Waals surface area contributed by atoms with Gasteiger partial charge in [-0.25, -0.2) is 4.79 Å². The van der Waals surface area contributed by atoms with Crippen molar-refractivity contribution in [1.82, 2.24) is 0 Å². The van der Waals surface area contributed by atoms with Crippen molar-refractivity contribution >= 4 is 12.0 Å². The van der Waals surface area contributed by atoms with E-state index >= 15 is 0 Å².